The number of hydrogen-bond donors (Lipinski definition) is 3. The minimum absolute atomic E-state index is 0.0510. The third-order valence-corrected chi connectivity index (χ3v) is 5.40. The van der Waals surface area contributed by atoms with E-state index in [4.69, 9.17) is 0 Å². The summed E-state index contributed by atoms with van der Waals surface area (Å²) in [4.78, 5) is 27.1. The number of rotatable bonds is 7. The SMILES string of the molecule is CCCS(=O)(=O)Nc1ccc(NC(=O)c2[nH]c(C)c(C(C)=O)c2C)cc1. The van der Waals surface area contributed by atoms with E-state index in [2.05, 4.69) is 15.0 Å². The van der Waals surface area contributed by atoms with Crippen LogP contribution in [-0.4, -0.2) is 30.8 Å². The fourth-order valence-corrected chi connectivity index (χ4v) is 3.95. The second kappa shape index (κ2) is 7.74. The molecule has 26 heavy (non-hydrogen) atoms. The number of benzene rings is 1. The Balaban J connectivity index is 2.13. The van der Waals surface area contributed by atoms with Crippen molar-refractivity contribution in [1.82, 2.24) is 4.98 Å². The van der Waals surface area contributed by atoms with Crippen LogP contribution < -0.4 is 10.0 Å². The Morgan fingerprint density at radius 1 is 1.08 bits per heavy atom. The zero-order chi connectivity index (χ0) is 19.5. The maximum Gasteiger partial charge on any atom is 0.272 e. The molecule has 0 unspecified atom stereocenters. The van der Waals surface area contributed by atoms with E-state index in [1.807, 2.05) is 0 Å². The Kier molecular flexibility index (Phi) is 5.86. The zero-order valence-corrected chi connectivity index (χ0v) is 16.1. The molecule has 1 aromatic carbocycles. The average Bonchev–Trinajstić information content (AvgIpc) is 2.83. The smallest absolute Gasteiger partial charge is 0.272 e. The fourth-order valence-electron chi connectivity index (χ4n) is 2.82. The third kappa shape index (κ3) is 4.51. The van der Waals surface area contributed by atoms with Crippen LogP contribution in [0.15, 0.2) is 24.3 Å². The van der Waals surface area contributed by atoms with Gasteiger partial charge >= 0.3 is 0 Å². The number of nitrogens with one attached hydrogen (secondary N) is 3. The number of sulfonamides is 1. The minimum Gasteiger partial charge on any atom is -0.354 e. The van der Waals surface area contributed by atoms with Crippen molar-refractivity contribution >= 4 is 33.1 Å². The highest BCUT2D eigenvalue weighted by atomic mass is 32.2. The van der Waals surface area contributed by atoms with Gasteiger partial charge in [0.2, 0.25) is 10.0 Å². The van der Waals surface area contributed by atoms with Crippen molar-refractivity contribution in [3.63, 3.8) is 0 Å². The fraction of sp³-hybridized carbons (Fsp3) is 0.333. The van der Waals surface area contributed by atoms with Crippen molar-refractivity contribution in [3.05, 3.63) is 46.8 Å². The number of aromatic amines is 1. The topological polar surface area (TPSA) is 108 Å². The Bertz CT molecular complexity index is 928. The van der Waals surface area contributed by atoms with Gasteiger partial charge in [-0.15, -0.1) is 0 Å². The van der Waals surface area contributed by atoms with Gasteiger partial charge < -0.3 is 10.3 Å². The van der Waals surface area contributed by atoms with Crippen LogP contribution >= 0.6 is 0 Å². The summed E-state index contributed by atoms with van der Waals surface area (Å²) in [5.41, 5.74) is 3.07. The second-order valence-electron chi connectivity index (χ2n) is 6.13. The van der Waals surface area contributed by atoms with Gasteiger partial charge in [0, 0.05) is 22.6 Å². The lowest BCUT2D eigenvalue weighted by Crippen LogP contribution is -2.16. The summed E-state index contributed by atoms with van der Waals surface area (Å²) in [6.45, 7) is 6.72. The summed E-state index contributed by atoms with van der Waals surface area (Å²) >= 11 is 0. The Morgan fingerprint density at radius 3 is 2.15 bits per heavy atom. The van der Waals surface area contributed by atoms with Gasteiger partial charge in [0.15, 0.2) is 5.78 Å². The van der Waals surface area contributed by atoms with Gasteiger partial charge in [-0.05, 0) is 57.0 Å². The minimum atomic E-state index is -3.35. The molecule has 7 nitrogen and oxygen atoms in total. The lowest BCUT2D eigenvalue weighted by molar-refractivity contribution is 0.101. The average molecular weight is 377 g/mol. The van der Waals surface area contributed by atoms with Crippen LogP contribution in [0.1, 0.15) is 52.4 Å². The van der Waals surface area contributed by atoms with Crippen molar-refractivity contribution in [2.24, 2.45) is 0 Å². The first kappa shape index (κ1) is 19.7. The van der Waals surface area contributed by atoms with Crippen LogP contribution in [0.4, 0.5) is 11.4 Å². The molecule has 0 fully saturated rings. The van der Waals surface area contributed by atoms with Crippen molar-refractivity contribution in [2.75, 3.05) is 15.8 Å². The molecule has 1 heterocycles. The molecule has 0 aliphatic heterocycles. The summed E-state index contributed by atoms with van der Waals surface area (Å²) in [5.74, 6) is -0.411. The molecule has 3 N–H and O–H groups in total. The molecule has 1 amide bonds. The summed E-state index contributed by atoms with van der Waals surface area (Å²) in [6, 6.07) is 6.38. The van der Waals surface area contributed by atoms with Gasteiger partial charge in [-0.3, -0.25) is 14.3 Å². The number of anilines is 2. The number of carbonyl (C=O) groups is 2. The number of aryl methyl sites for hydroxylation is 1. The van der Waals surface area contributed by atoms with E-state index in [1.165, 1.54) is 6.92 Å². The molecule has 0 radical (unpaired) electrons. The third-order valence-electron chi connectivity index (χ3n) is 3.91. The van der Waals surface area contributed by atoms with E-state index < -0.39 is 10.0 Å². The number of aromatic nitrogens is 1. The van der Waals surface area contributed by atoms with Gasteiger partial charge in [-0.25, -0.2) is 8.42 Å². The first-order valence-electron chi connectivity index (χ1n) is 8.26. The quantitative estimate of drug-likeness (QED) is 0.644. The second-order valence-corrected chi connectivity index (χ2v) is 7.98. The maximum absolute atomic E-state index is 12.5. The molecule has 8 heteroatoms. The van der Waals surface area contributed by atoms with Crippen LogP contribution in [0.5, 0.6) is 0 Å². The lowest BCUT2D eigenvalue weighted by Gasteiger charge is -2.09. The van der Waals surface area contributed by atoms with Gasteiger partial charge in [0.05, 0.1) is 5.75 Å². The number of amides is 1. The van der Waals surface area contributed by atoms with E-state index in [-0.39, 0.29) is 17.4 Å². The number of H-pyrrole nitrogens is 1. The first-order chi connectivity index (χ1) is 12.1. The highest BCUT2D eigenvalue weighted by molar-refractivity contribution is 7.92. The van der Waals surface area contributed by atoms with E-state index in [0.29, 0.717) is 40.3 Å². The molecule has 0 saturated heterocycles. The predicted octanol–water partition coefficient (Wildman–Crippen LogP) is 3.24. The zero-order valence-electron chi connectivity index (χ0n) is 15.3. The molecular formula is C18H23N3O4S. The highest BCUT2D eigenvalue weighted by Gasteiger charge is 2.19. The summed E-state index contributed by atoms with van der Waals surface area (Å²) in [7, 11) is -3.35. The molecule has 0 spiro atoms. The van der Waals surface area contributed by atoms with Crippen molar-refractivity contribution < 1.29 is 18.0 Å². The Morgan fingerprint density at radius 2 is 1.65 bits per heavy atom. The number of carbonyl (C=O) groups excluding carboxylic acids is 2. The van der Waals surface area contributed by atoms with Crippen LogP contribution in [0.2, 0.25) is 0 Å². The largest absolute Gasteiger partial charge is 0.354 e. The number of hydrogen-bond acceptors (Lipinski definition) is 4. The summed E-state index contributed by atoms with van der Waals surface area (Å²) in [6.07, 6.45) is 0.528. The molecule has 0 atom stereocenters. The summed E-state index contributed by atoms with van der Waals surface area (Å²) < 4.78 is 26.0. The van der Waals surface area contributed by atoms with Gasteiger partial charge in [0.25, 0.3) is 5.91 Å². The van der Waals surface area contributed by atoms with Crippen LogP contribution in [0, 0.1) is 13.8 Å². The first-order valence-corrected chi connectivity index (χ1v) is 9.92. The molecule has 0 aliphatic rings. The van der Waals surface area contributed by atoms with Crippen LogP contribution in [0.25, 0.3) is 0 Å². The van der Waals surface area contributed by atoms with E-state index in [1.54, 1.807) is 45.0 Å². The highest BCUT2D eigenvalue weighted by Crippen LogP contribution is 2.21. The van der Waals surface area contributed by atoms with Gasteiger partial charge in [-0.1, -0.05) is 6.92 Å². The van der Waals surface area contributed by atoms with Crippen molar-refractivity contribution in [1.29, 1.82) is 0 Å². The monoisotopic (exact) mass is 377 g/mol. The van der Waals surface area contributed by atoms with Gasteiger partial charge in [-0.2, -0.15) is 0 Å². The molecule has 0 saturated carbocycles. The normalized spacial score (nSPS) is 11.2. The molecule has 2 rings (SSSR count). The molecule has 0 bridgehead atoms. The van der Waals surface area contributed by atoms with Crippen molar-refractivity contribution in [2.45, 2.75) is 34.1 Å². The van der Waals surface area contributed by atoms with Crippen molar-refractivity contribution in [3.8, 4) is 0 Å². The molecule has 2 aromatic rings. The number of ketones is 1. The van der Waals surface area contributed by atoms with E-state index in [9.17, 15) is 18.0 Å². The predicted molar refractivity (Wildman–Crippen MR) is 102 cm³/mol. The lowest BCUT2D eigenvalue weighted by atomic mass is 10.1. The van der Waals surface area contributed by atoms with Crippen LogP contribution in [0.3, 0.4) is 0 Å². The van der Waals surface area contributed by atoms with Crippen LogP contribution in [-0.2, 0) is 10.0 Å². The van der Waals surface area contributed by atoms with E-state index >= 15 is 0 Å². The number of Topliss-reactive ketones (excluding diaryl/α,β-unsaturated/α-hetero) is 1. The Hall–Kier alpha value is -2.61. The molecule has 140 valence electrons. The molecule has 0 aliphatic carbocycles. The summed E-state index contributed by atoms with van der Waals surface area (Å²) in [5, 5.41) is 2.74. The Labute approximate surface area is 153 Å². The van der Waals surface area contributed by atoms with E-state index in [0.717, 1.165) is 0 Å². The molecular weight excluding hydrogens is 354 g/mol. The maximum atomic E-state index is 12.5. The van der Waals surface area contributed by atoms with Gasteiger partial charge in [0.1, 0.15) is 5.69 Å². The standard InChI is InChI=1S/C18H23N3O4S/c1-5-10-26(24,25)21-15-8-6-14(7-9-15)20-18(23)17-11(2)16(13(4)22)12(3)19-17/h6-9,19,21H,5,10H2,1-4H3,(H,20,23). The molecule has 1 aromatic heterocycles.